The molecule has 0 atom stereocenters. The molecule has 0 unspecified atom stereocenters. The van der Waals surface area contributed by atoms with Gasteiger partial charge in [0.15, 0.2) is 0 Å². The van der Waals surface area contributed by atoms with E-state index < -0.39 is 0 Å². The van der Waals surface area contributed by atoms with Crippen LogP contribution in [0.25, 0.3) is 0 Å². The third-order valence-corrected chi connectivity index (χ3v) is 2.99. The van der Waals surface area contributed by atoms with E-state index >= 15 is 0 Å². The van der Waals surface area contributed by atoms with Crippen LogP contribution < -0.4 is 5.32 Å². The standard InChI is InChI=1S/C13H21BrN2/c1-2-3-4-5-6-7-11-15-13-10-8-9-12(14)16-13/h8-10H,2-7,11H2,1H3,(H,15,16). The third-order valence-electron chi connectivity index (χ3n) is 2.55. The Bertz CT molecular complexity index is 289. The molecule has 0 aliphatic heterocycles. The SMILES string of the molecule is CCCCCCCCNc1cccc(Br)n1. The molecule has 0 fully saturated rings. The van der Waals surface area contributed by atoms with Gasteiger partial charge in [0.25, 0.3) is 0 Å². The van der Waals surface area contributed by atoms with Crippen molar-refractivity contribution >= 4 is 21.7 Å². The van der Waals surface area contributed by atoms with Crippen LogP contribution in [0.4, 0.5) is 5.82 Å². The van der Waals surface area contributed by atoms with Crippen LogP contribution in [-0.2, 0) is 0 Å². The van der Waals surface area contributed by atoms with Crippen LogP contribution in [0.2, 0.25) is 0 Å². The molecule has 0 radical (unpaired) electrons. The highest BCUT2D eigenvalue weighted by molar-refractivity contribution is 9.10. The molecule has 0 aliphatic carbocycles. The summed E-state index contributed by atoms with van der Waals surface area (Å²) in [5, 5.41) is 3.34. The minimum atomic E-state index is 0.889. The maximum atomic E-state index is 4.33. The van der Waals surface area contributed by atoms with E-state index in [9.17, 15) is 0 Å². The Morgan fingerprint density at radius 2 is 1.88 bits per heavy atom. The molecule has 0 bridgehead atoms. The van der Waals surface area contributed by atoms with Crippen LogP contribution in [0.1, 0.15) is 45.4 Å². The van der Waals surface area contributed by atoms with E-state index in [4.69, 9.17) is 0 Å². The quantitative estimate of drug-likeness (QED) is 0.557. The summed E-state index contributed by atoms with van der Waals surface area (Å²) in [7, 11) is 0. The predicted octanol–water partition coefficient (Wildman–Crippen LogP) is 4.62. The van der Waals surface area contributed by atoms with Crippen molar-refractivity contribution in [2.75, 3.05) is 11.9 Å². The number of aromatic nitrogens is 1. The highest BCUT2D eigenvalue weighted by Crippen LogP contribution is 2.10. The lowest BCUT2D eigenvalue weighted by atomic mass is 10.1. The Hall–Kier alpha value is -0.570. The number of unbranched alkanes of at least 4 members (excludes halogenated alkanes) is 5. The summed E-state index contributed by atoms with van der Waals surface area (Å²) in [5.74, 6) is 0.961. The van der Waals surface area contributed by atoms with Crippen molar-refractivity contribution in [2.45, 2.75) is 45.4 Å². The summed E-state index contributed by atoms with van der Waals surface area (Å²) in [4.78, 5) is 4.33. The first-order valence-electron chi connectivity index (χ1n) is 6.19. The van der Waals surface area contributed by atoms with Gasteiger partial charge in [0, 0.05) is 6.54 Å². The molecule has 1 rings (SSSR count). The molecule has 2 nitrogen and oxygen atoms in total. The topological polar surface area (TPSA) is 24.9 Å². The number of nitrogens with one attached hydrogen (secondary N) is 1. The summed E-state index contributed by atoms with van der Waals surface area (Å²) >= 11 is 3.36. The molecule has 1 aromatic heterocycles. The zero-order valence-electron chi connectivity index (χ0n) is 10.0. The normalized spacial score (nSPS) is 10.4. The molecule has 0 amide bonds. The first kappa shape index (κ1) is 13.5. The lowest BCUT2D eigenvalue weighted by Gasteiger charge is -2.05. The van der Waals surface area contributed by atoms with E-state index in [0.717, 1.165) is 17.0 Å². The van der Waals surface area contributed by atoms with Crippen LogP contribution in [0.3, 0.4) is 0 Å². The van der Waals surface area contributed by atoms with Gasteiger partial charge in [-0.05, 0) is 34.5 Å². The van der Waals surface area contributed by atoms with Gasteiger partial charge in [-0.15, -0.1) is 0 Å². The van der Waals surface area contributed by atoms with Gasteiger partial charge in [0.05, 0.1) is 0 Å². The minimum absolute atomic E-state index is 0.889. The first-order valence-corrected chi connectivity index (χ1v) is 6.98. The van der Waals surface area contributed by atoms with Crippen LogP contribution in [0.15, 0.2) is 22.8 Å². The van der Waals surface area contributed by atoms with Crippen molar-refractivity contribution in [2.24, 2.45) is 0 Å². The fourth-order valence-corrected chi connectivity index (χ4v) is 1.97. The molecule has 1 N–H and O–H groups in total. The second-order valence-electron chi connectivity index (χ2n) is 4.04. The summed E-state index contributed by atoms with van der Waals surface area (Å²) in [6, 6.07) is 5.94. The van der Waals surface area contributed by atoms with Crippen LogP contribution >= 0.6 is 15.9 Å². The Labute approximate surface area is 107 Å². The van der Waals surface area contributed by atoms with Gasteiger partial charge in [0.1, 0.15) is 10.4 Å². The second kappa shape index (κ2) is 8.57. The molecule has 0 aliphatic rings. The van der Waals surface area contributed by atoms with Crippen LogP contribution in [-0.4, -0.2) is 11.5 Å². The van der Waals surface area contributed by atoms with E-state index in [1.807, 2.05) is 18.2 Å². The molecule has 0 saturated carbocycles. The Morgan fingerprint density at radius 3 is 2.62 bits per heavy atom. The van der Waals surface area contributed by atoms with E-state index in [0.29, 0.717) is 0 Å². The zero-order chi connectivity index (χ0) is 11.6. The van der Waals surface area contributed by atoms with Crippen molar-refractivity contribution in [3.63, 3.8) is 0 Å². The molecule has 1 heterocycles. The summed E-state index contributed by atoms with van der Waals surface area (Å²) < 4.78 is 0.889. The highest BCUT2D eigenvalue weighted by atomic mass is 79.9. The fourth-order valence-electron chi connectivity index (χ4n) is 1.63. The van der Waals surface area contributed by atoms with E-state index in [-0.39, 0.29) is 0 Å². The number of hydrogen-bond donors (Lipinski definition) is 1. The smallest absolute Gasteiger partial charge is 0.127 e. The average Bonchev–Trinajstić information content (AvgIpc) is 2.28. The van der Waals surface area contributed by atoms with Crippen molar-refractivity contribution in [1.29, 1.82) is 0 Å². The number of nitrogens with zero attached hydrogens (tertiary/aromatic N) is 1. The summed E-state index contributed by atoms with van der Waals surface area (Å²) in [5.41, 5.74) is 0. The van der Waals surface area contributed by atoms with Crippen molar-refractivity contribution in [3.8, 4) is 0 Å². The Kier molecular flexibility index (Phi) is 7.23. The molecule has 0 spiro atoms. The van der Waals surface area contributed by atoms with Crippen LogP contribution in [0.5, 0.6) is 0 Å². The lowest BCUT2D eigenvalue weighted by molar-refractivity contribution is 0.617. The molecular formula is C13H21BrN2. The van der Waals surface area contributed by atoms with Gasteiger partial charge < -0.3 is 5.32 Å². The second-order valence-corrected chi connectivity index (χ2v) is 4.85. The molecule has 0 aromatic carbocycles. The molecule has 90 valence electrons. The van der Waals surface area contributed by atoms with Crippen molar-refractivity contribution < 1.29 is 0 Å². The fraction of sp³-hybridized carbons (Fsp3) is 0.615. The number of hydrogen-bond acceptors (Lipinski definition) is 2. The van der Waals surface area contributed by atoms with E-state index in [2.05, 4.69) is 33.2 Å². The largest absolute Gasteiger partial charge is 0.370 e. The van der Waals surface area contributed by atoms with Gasteiger partial charge in [-0.3, -0.25) is 0 Å². The lowest BCUT2D eigenvalue weighted by Crippen LogP contribution is -2.03. The van der Waals surface area contributed by atoms with Gasteiger partial charge in [0.2, 0.25) is 0 Å². The average molecular weight is 285 g/mol. The number of halogens is 1. The third kappa shape index (κ3) is 6.11. The van der Waals surface area contributed by atoms with Gasteiger partial charge in [-0.1, -0.05) is 45.1 Å². The Morgan fingerprint density at radius 1 is 1.12 bits per heavy atom. The van der Waals surface area contributed by atoms with Gasteiger partial charge in [-0.25, -0.2) is 4.98 Å². The molecule has 1 aromatic rings. The molecular weight excluding hydrogens is 264 g/mol. The summed E-state index contributed by atoms with van der Waals surface area (Å²) in [6.07, 6.45) is 7.99. The maximum Gasteiger partial charge on any atom is 0.127 e. The Balaban J connectivity index is 2.03. The maximum absolute atomic E-state index is 4.33. The van der Waals surface area contributed by atoms with Gasteiger partial charge >= 0.3 is 0 Å². The number of anilines is 1. The van der Waals surface area contributed by atoms with E-state index in [1.54, 1.807) is 0 Å². The molecule has 3 heteroatoms. The molecule has 16 heavy (non-hydrogen) atoms. The van der Waals surface area contributed by atoms with E-state index in [1.165, 1.54) is 38.5 Å². The predicted molar refractivity (Wildman–Crippen MR) is 73.8 cm³/mol. The van der Waals surface area contributed by atoms with Crippen molar-refractivity contribution in [3.05, 3.63) is 22.8 Å². The van der Waals surface area contributed by atoms with Crippen molar-refractivity contribution in [1.82, 2.24) is 4.98 Å². The highest BCUT2D eigenvalue weighted by Gasteiger charge is 1.94. The zero-order valence-corrected chi connectivity index (χ0v) is 11.6. The van der Waals surface area contributed by atoms with Gasteiger partial charge in [-0.2, -0.15) is 0 Å². The summed E-state index contributed by atoms with van der Waals surface area (Å²) in [6.45, 7) is 3.27. The number of rotatable bonds is 8. The number of pyridine rings is 1. The first-order chi connectivity index (χ1) is 7.83. The van der Waals surface area contributed by atoms with Crippen LogP contribution in [0, 0.1) is 0 Å². The monoisotopic (exact) mass is 284 g/mol. The molecule has 0 saturated heterocycles. The minimum Gasteiger partial charge on any atom is -0.370 e.